The molecule has 3 heteroatoms. The number of benzene rings is 1. The van der Waals surface area contributed by atoms with Gasteiger partial charge in [0.15, 0.2) is 0 Å². The average molecular weight is 192 g/mol. The van der Waals surface area contributed by atoms with Gasteiger partial charge in [-0.2, -0.15) is 0 Å². The van der Waals surface area contributed by atoms with E-state index in [0.29, 0.717) is 6.42 Å². The maximum Gasteiger partial charge on any atom is 0.312 e. The molecule has 3 nitrogen and oxygen atoms in total. The van der Waals surface area contributed by atoms with Gasteiger partial charge < -0.3 is 9.84 Å². The summed E-state index contributed by atoms with van der Waals surface area (Å²) in [5.74, 6) is -0.682. The molecule has 1 fully saturated rings. The van der Waals surface area contributed by atoms with Crippen LogP contribution in [-0.4, -0.2) is 23.8 Å². The number of carbonyl (C=O) groups excluding carboxylic acids is 1. The lowest BCUT2D eigenvalue weighted by Crippen LogP contribution is -2.22. The molecule has 2 atom stereocenters. The van der Waals surface area contributed by atoms with Crippen LogP contribution in [0.2, 0.25) is 0 Å². The van der Waals surface area contributed by atoms with Crippen molar-refractivity contribution in [2.24, 2.45) is 5.92 Å². The van der Waals surface area contributed by atoms with Crippen molar-refractivity contribution in [3.63, 3.8) is 0 Å². The molecule has 1 saturated heterocycles. The van der Waals surface area contributed by atoms with E-state index in [1.807, 2.05) is 30.3 Å². The molecule has 74 valence electrons. The lowest BCUT2D eigenvalue weighted by Gasteiger charge is -2.08. The Morgan fingerprint density at radius 2 is 2.07 bits per heavy atom. The maximum absolute atomic E-state index is 11.2. The summed E-state index contributed by atoms with van der Waals surface area (Å²) in [4.78, 5) is 11.2. The zero-order chi connectivity index (χ0) is 9.97. The highest BCUT2D eigenvalue weighted by Gasteiger charge is 2.35. The minimum atomic E-state index is -0.650. The standard InChI is InChI=1S/C11H12O3/c12-10-7-14-11(13)9(10)6-8-4-2-1-3-5-8/h1-5,9-10,12H,6-7H2/t9-,10-/m1/s1. The number of ether oxygens (including phenoxy) is 1. The highest BCUT2D eigenvalue weighted by atomic mass is 16.6. The van der Waals surface area contributed by atoms with E-state index in [1.54, 1.807) is 0 Å². The second-order valence-corrected chi connectivity index (χ2v) is 3.49. The molecule has 0 aromatic heterocycles. The van der Waals surface area contributed by atoms with Crippen molar-refractivity contribution >= 4 is 5.97 Å². The molecule has 0 bridgehead atoms. The Morgan fingerprint density at radius 3 is 2.64 bits per heavy atom. The molecule has 1 aliphatic rings. The normalized spacial score (nSPS) is 26.2. The van der Waals surface area contributed by atoms with Crippen LogP contribution in [0.3, 0.4) is 0 Å². The van der Waals surface area contributed by atoms with Crippen molar-refractivity contribution < 1.29 is 14.6 Å². The smallest absolute Gasteiger partial charge is 0.312 e. The van der Waals surface area contributed by atoms with Gasteiger partial charge in [-0.1, -0.05) is 30.3 Å². The molecule has 0 spiro atoms. The third-order valence-corrected chi connectivity index (χ3v) is 2.46. The number of hydrogen-bond donors (Lipinski definition) is 1. The molecule has 1 aromatic carbocycles. The predicted octanol–water partition coefficient (Wildman–Crippen LogP) is 0.763. The van der Waals surface area contributed by atoms with Gasteiger partial charge in [-0.3, -0.25) is 4.79 Å². The number of aliphatic hydroxyl groups is 1. The molecule has 1 heterocycles. The zero-order valence-corrected chi connectivity index (χ0v) is 7.72. The van der Waals surface area contributed by atoms with Crippen LogP contribution in [0.4, 0.5) is 0 Å². The highest BCUT2D eigenvalue weighted by Crippen LogP contribution is 2.20. The molecule has 0 aliphatic carbocycles. The van der Waals surface area contributed by atoms with Crippen LogP contribution in [0.15, 0.2) is 30.3 Å². The first-order chi connectivity index (χ1) is 6.77. The summed E-state index contributed by atoms with van der Waals surface area (Å²) in [6, 6.07) is 9.65. The number of rotatable bonds is 2. The van der Waals surface area contributed by atoms with E-state index in [0.717, 1.165) is 5.56 Å². The van der Waals surface area contributed by atoms with E-state index < -0.39 is 12.0 Å². The Balaban J connectivity index is 2.07. The minimum absolute atomic E-state index is 0.135. The molecule has 0 unspecified atom stereocenters. The molecule has 0 saturated carbocycles. The monoisotopic (exact) mass is 192 g/mol. The number of carbonyl (C=O) groups is 1. The Labute approximate surface area is 82.3 Å². The molecular weight excluding hydrogens is 180 g/mol. The van der Waals surface area contributed by atoms with Crippen LogP contribution < -0.4 is 0 Å². The second kappa shape index (κ2) is 3.80. The van der Waals surface area contributed by atoms with E-state index >= 15 is 0 Å². The van der Waals surface area contributed by atoms with Gasteiger partial charge in [0.05, 0.1) is 5.92 Å². The summed E-state index contributed by atoms with van der Waals surface area (Å²) < 4.78 is 4.76. The van der Waals surface area contributed by atoms with Crippen molar-refractivity contribution in [1.29, 1.82) is 0 Å². The number of hydrogen-bond acceptors (Lipinski definition) is 3. The SMILES string of the molecule is O=C1OC[C@@H](O)[C@H]1Cc1ccccc1. The summed E-state index contributed by atoms with van der Waals surface area (Å²) in [6.45, 7) is 0.135. The van der Waals surface area contributed by atoms with Crippen molar-refractivity contribution in [3.8, 4) is 0 Å². The van der Waals surface area contributed by atoms with Crippen molar-refractivity contribution in [2.45, 2.75) is 12.5 Å². The molecule has 1 aromatic rings. The van der Waals surface area contributed by atoms with E-state index in [1.165, 1.54) is 0 Å². The van der Waals surface area contributed by atoms with E-state index in [4.69, 9.17) is 4.74 Å². The summed E-state index contributed by atoms with van der Waals surface area (Å²) in [5, 5.41) is 9.47. The number of aliphatic hydroxyl groups excluding tert-OH is 1. The molecule has 2 rings (SSSR count). The fraction of sp³-hybridized carbons (Fsp3) is 0.364. The van der Waals surface area contributed by atoms with Crippen molar-refractivity contribution in [2.75, 3.05) is 6.61 Å². The van der Waals surface area contributed by atoms with Crippen LogP contribution in [-0.2, 0) is 16.0 Å². The van der Waals surface area contributed by atoms with Gasteiger partial charge in [0.1, 0.15) is 12.7 Å². The Hall–Kier alpha value is -1.35. The number of cyclic esters (lactones) is 1. The average Bonchev–Trinajstić information content (AvgIpc) is 2.51. The largest absolute Gasteiger partial charge is 0.463 e. The van der Waals surface area contributed by atoms with E-state index in [-0.39, 0.29) is 12.6 Å². The van der Waals surface area contributed by atoms with E-state index in [2.05, 4.69) is 0 Å². The molecule has 1 N–H and O–H groups in total. The second-order valence-electron chi connectivity index (χ2n) is 3.49. The predicted molar refractivity (Wildman–Crippen MR) is 50.6 cm³/mol. The van der Waals surface area contributed by atoms with Gasteiger partial charge in [0.25, 0.3) is 0 Å². The highest BCUT2D eigenvalue weighted by molar-refractivity contribution is 5.75. The first-order valence-corrected chi connectivity index (χ1v) is 4.66. The Morgan fingerprint density at radius 1 is 1.36 bits per heavy atom. The van der Waals surface area contributed by atoms with Gasteiger partial charge in [-0.15, -0.1) is 0 Å². The topological polar surface area (TPSA) is 46.5 Å². The Bertz CT molecular complexity index is 321. The fourth-order valence-corrected chi connectivity index (χ4v) is 1.64. The maximum atomic E-state index is 11.2. The van der Waals surface area contributed by atoms with Gasteiger partial charge >= 0.3 is 5.97 Å². The fourth-order valence-electron chi connectivity index (χ4n) is 1.64. The molecule has 0 radical (unpaired) electrons. The van der Waals surface area contributed by atoms with Crippen LogP contribution >= 0.6 is 0 Å². The summed E-state index contributed by atoms with van der Waals surface area (Å²) in [6.07, 6.45) is -0.0939. The van der Waals surface area contributed by atoms with Crippen LogP contribution in [0.25, 0.3) is 0 Å². The minimum Gasteiger partial charge on any atom is -0.463 e. The lowest BCUT2D eigenvalue weighted by atomic mass is 9.96. The molecule has 14 heavy (non-hydrogen) atoms. The van der Waals surface area contributed by atoms with Gasteiger partial charge in [-0.05, 0) is 12.0 Å². The molecular formula is C11H12O3. The van der Waals surface area contributed by atoms with Crippen LogP contribution in [0.1, 0.15) is 5.56 Å². The third kappa shape index (κ3) is 1.77. The zero-order valence-electron chi connectivity index (χ0n) is 7.72. The number of esters is 1. The van der Waals surface area contributed by atoms with Crippen molar-refractivity contribution in [3.05, 3.63) is 35.9 Å². The van der Waals surface area contributed by atoms with Gasteiger partial charge in [-0.25, -0.2) is 0 Å². The molecule has 1 aliphatic heterocycles. The van der Waals surface area contributed by atoms with Crippen molar-refractivity contribution in [1.82, 2.24) is 0 Å². The molecule has 0 amide bonds. The summed E-state index contributed by atoms with van der Waals surface area (Å²) >= 11 is 0. The quantitative estimate of drug-likeness (QED) is 0.704. The van der Waals surface area contributed by atoms with Gasteiger partial charge in [0, 0.05) is 0 Å². The van der Waals surface area contributed by atoms with Crippen LogP contribution in [0, 0.1) is 5.92 Å². The van der Waals surface area contributed by atoms with Crippen LogP contribution in [0.5, 0.6) is 0 Å². The summed E-state index contributed by atoms with van der Waals surface area (Å²) in [5.41, 5.74) is 1.05. The third-order valence-electron chi connectivity index (χ3n) is 2.46. The summed E-state index contributed by atoms with van der Waals surface area (Å²) in [7, 11) is 0. The first kappa shape index (κ1) is 9.21. The van der Waals surface area contributed by atoms with Gasteiger partial charge in [0.2, 0.25) is 0 Å². The first-order valence-electron chi connectivity index (χ1n) is 4.66. The van der Waals surface area contributed by atoms with E-state index in [9.17, 15) is 9.90 Å². The Kier molecular flexibility index (Phi) is 2.50. The lowest BCUT2D eigenvalue weighted by molar-refractivity contribution is -0.141.